The van der Waals surface area contributed by atoms with Crippen molar-refractivity contribution in [1.82, 2.24) is 9.13 Å². The van der Waals surface area contributed by atoms with E-state index in [0.29, 0.717) is 11.1 Å². The largest absolute Gasteiger partial charge is 0.308 e. The van der Waals surface area contributed by atoms with E-state index < -0.39 is 0 Å². The van der Waals surface area contributed by atoms with Gasteiger partial charge in [-0.05, 0) is 141 Å². The Hall–Kier alpha value is -9.22. The third-order valence-electron chi connectivity index (χ3n) is 13.2. The van der Waals surface area contributed by atoms with Gasteiger partial charge < -0.3 is 9.13 Å². The summed E-state index contributed by atoms with van der Waals surface area (Å²) < 4.78 is 4.55. The van der Waals surface area contributed by atoms with E-state index in [2.05, 4.69) is 209 Å². The summed E-state index contributed by atoms with van der Waals surface area (Å²) >= 11 is 0. The van der Waals surface area contributed by atoms with Crippen molar-refractivity contribution < 1.29 is 0 Å². The highest BCUT2D eigenvalue weighted by molar-refractivity contribution is 6.14. The number of benzene rings is 10. The monoisotopic (exact) mass is 852 g/mol. The van der Waals surface area contributed by atoms with Gasteiger partial charge in [0.1, 0.15) is 11.6 Å². The van der Waals surface area contributed by atoms with Gasteiger partial charge in [0, 0.05) is 21.5 Å². The van der Waals surface area contributed by atoms with Crippen LogP contribution in [0.4, 0.5) is 0 Å². The van der Waals surface area contributed by atoms with Gasteiger partial charge in [0.25, 0.3) is 0 Å². The summed E-state index contributed by atoms with van der Waals surface area (Å²) in [6.07, 6.45) is 0. The zero-order valence-electron chi connectivity index (χ0n) is 36.7. The van der Waals surface area contributed by atoms with Crippen LogP contribution in [-0.2, 0) is 0 Å². The van der Waals surface area contributed by atoms with Crippen molar-refractivity contribution in [1.29, 1.82) is 10.5 Å². The van der Waals surface area contributed by atoms with Crippen LogP contribution in [0.5, 0.6) is 0 Å². The van der Waals surface area contributed by atoms with Gasteiger partial charge in [-0.3, -0.25) is 0 Å². The lowest BCUT2D eigenvalue weighted by Gasteiger charge is -2.19. The van der Waals surface area contributed by atoms with E-state index in [0.717, 1.165) is 116 Å². The Labute approximate surface area is 388 Å². The van der Waals surface area contributed by atoms with Gasteiger partial charge in [0.05, 0.1) is 45.1 Å². The Balaban J connectivity index is 1.19. The maximum atomic E-state index is 11.7. The minimum atomic E-state index is 0.535. The topological polar surface area (TPSA) is 57.4 Å². The van der Waals surface area contributed by atoms with Gasteiger partial charge in [-0.15, -0.1) is 0 Å². The molecule has 12 aromatic rings. The first kappa shape index (κ1) is 39.4. The smallest absolute Gasteiger partial charge is 0.104 e. The van der Waals surface area contributed by atoms with Crippen molar-refractivity contribution in [2.45, 2.75) is 6.92 Å². The first-order chi connectivity index (χ1) is 33.0. The predicted molar refractivity (Wildman–Crippen MR) is 276 cm³/mol. The standard InChI is InChI=1S/C63H40N4/c1-41-30-42(39-64)32-51(31-41)52-37-62(66-58-26-22-47(43-14-6-2-7-15-43)33-53(58)54-34-48(23-27-59(54)66)44-16-8-3-9-17-44)57(40-65)63(38-52)67-60-28-24-49(45-18-10-4-11-19-45)35-55(60)56-36-50(25-29-61(56)67)46-20-12-5-13-21-46/h2-38H,1H3. The number of hydrogen-bond donors (Lipinski definition) is 0. The van der Waals surface area contributed by atoms with Crippen LogP contribution in [0.25, 0.3) is 111 Å². The van der Waals surface area contributed by atoms with Crippen molar-refractivity contribution in [3.05, 3.63) is 241 Å². The molecule has 0 amide bonds. The second kappa shape index (κ2) is 16.1. The molecule has 2 heterocycles. The second-order valence-corrected chi connectivity index (χ2v) is 17.3. The quantitative estimate of drug-likeness (QED) is 0.160. The van der Waals surface area contributed by atoms with Crippen molar-refractivity contribution in [2.24, 2.45) is 0 Å². The van der Waals surface area contributed by atoms with Crippen LogP contribution in [0.15, 0.2) is 224 Å². The molecule has 312 valence electrons. The first-order valence-corrected chi connectivity index (χ1v) is 22.5. The average Bonchev–Trinajstić information content (AvgIpc) is 3.90. The lowest BCUT2D eigenvalue weighted by molar-refractivity contribution is 1.12. The van der Waals surface area contributed by atoms with Crippen LogP contribution < -0.4 is 0 Å². The highest BCUT2D eigenvalue weighted by Crippen LogP contribution is 2.43. The molecule has 0 fully saturated rings. The molecule has 0 N–H and O–H groups in total. The lowest BCUT2D eigenvalue weighted by Crippen LogP contribution is -2.05. The number of aromatic nitrogens is 2. The summed E-state index contributed by atoms with van der Waals surface area (Å²) in [5.41, 5.74) is 18.4. The molecule has 0 bridgehead atoms. The van der Waals surface area contributed by atoms with Crippen molar-refractivity contribution in [3.8, 4) is 79.1 Å². The highest BCUT2D eigenvalue weighted by Gasteiger charge is 2.24. The number of rotatable bonds is 7. The number of fused-ring (bicyclic) bond motifs is 6. The van der Waals surface area contributed by atoms with E-state index in [1.807, 2.05) is 43.3 Å². The van der Waals surface area contributed by atoms with Crippen LogP contribution in [0.2, 0.25) is 0 Å². The zero-order valence-corrected chi connectivity index (χ0v) is 36.7. The van der Waals surface area contributed by atoms with Crippen molar-refractivity contribution in [3.63, 3.8) is 0 Å². The minimum absolute atomic E-state index is 0.535. The third kappa shape index (κ3) is 6.76. The molecule has 0 radical (unpaired) electrons. The number of hydrogen-bond acceptors (Lipinski definition) is 2. The van der Waals surface area contributed by atoms with Crippen LogP contribution in [-0.4, -0.2) is 9.13 Å². The Morgan fingerprint density at radius 3 is 0.940 bits per heavy atom. The third-order valence-corrected chi connectivity index (χ3v) is 13.2. The summed E-state index contributed by atoms with van der Waals surface area (Å²) in [7, 11) is 0. The molecular weight excluding hydrogens is 813 g/mol. The van der Waals surface area contributed by atoms with E-state index in [9.17, 15) is 10.5 Å². The van der Waals surface area contributed by atoms with Gasteiger partial charge in [0.2, 0.25) is 0 Å². The summed E-state index contributed by atoms with van der Waals surface area (Å²) in [6, 6.07) is 84.1. The zero-order chi connectivity index (χ0) is 45.0. The number of nitriles is 2. The molecule has 0 saturated carbocycles. The summed E-state index contributed by atoms with van der Waals surface area (Å²) in [4.78, 5) is 0. The molecule has 0 aliphatic heterocycles. The maximum Gasteiger partial charge on any atom is 0.104 e. The van der Waals surface area contributed by atoms with Crippen LogP contribution in [0, 0.1) is 29.6 Å². The van der Waals surface area contributed by atoms with Gasteiger partial charge >= 0.3 is 0 Å². The molecule has 0 spiro atoms. The molecule has 0 unspecified atom stereocenters. The molecule has 0 atom stereocenters. The number of aryl methyl sites for hydroxylation is 1. The Kier molecular flexibility index (Phi) is 9.46. The first-order valence-electron chi connectivity index (χ1n) is 22.5. The molecule has 4 heteroatoms. The molecular formula is C63H40N4. The fraction of sp³-hybridized carbons (Fsp3) is 0.0159. The predicted octanol–water partition coefficient (Wildman–Crippen LogP) is 16.3. The molecule has 10 aromatic carbocycles. The van der Waals surface area contributed by atoms with E-state index in [4.69, 9.17) is 0 Å². The summed E-state index contributed by atoms with van der Waals surface area (Å²) in [5, 5.41) is 26.3. The van der Waals surface area contributed by atoms with Gasteiger partial charge in [-0.1, -0.05) is 152 Å². The SMILES string of the molecule is Cc1cc(C#N)cc(-c2cc(-n3c4ccc(-c5ccccc5)cc4c4cc(-c5ccccc5)ccc43)c(C#N)c(-n3c4ccc(-c5ccccc5)cc4c4cc(-c5ccccc5)ccc43)c2)c1. The second-order valence-electron chi connectivity index (χ2n) is 17.3. The Morgan fingerprint density at radius 2 is 0.627 bits per heavy atom. The fourth-order valence-electron chi connectivity index (χ4n) is 10.1. The molecule has 0 aliphatic carbocycles. The average molecular weight is 853 g/mol. The lowest BCUT2D eigenvalue weighted by atomic mass is 9.97. The maximum absolute atomic E-state index is 11.7. The molecule has 67 heavy (non-hydrogen) atoms. The van der Waals surface area contributed by atoms with Crippen LogP contribution >= 0.6 is 0 Å². The van der Waals surface area contributed by atoms with E-state index in [1.165, 1.54) is 0 Å². The Morgan fingerprint density at radius 1 is 0.299 bits per heavy atom. The Bertz CT molecular complexity index is 3560. The molecule has 0 aliphatic rings. The van der Waals surface area contributed by atoms with Crippen LogP contribution in [0.3, 0.4) is 0 Å². The van der Waals surface area contributed by atoms with Crippen molar-refractivity contribution in [2.75, 3.05) is 0 Å². The molecule has 12 rings (SSSR count). The molecule has 4 nitrogen and oxygen atoms in total. The van der Waals surface area contributed by atoms with Gasteiger partial charge in [-0.25, -0.2) is 0 Å². The molecule has 0 saturated heterocycles. The fourth-order valence-corrected chi connectivity index (χ4v) is 10.1. The van der Waals surface area contributed by atoms with Gasteiger partial charge in [0.15, 0.2) is 0 Å². The van der Waals surface area contributed by atoms with Crippen LogP contribution in [0.1, 0.15) is 16.7 Å². The minimum Gasteiger partial charge on any atom is -0.308 e. The van der Waals surface area contributed by atoms with E-state index in [1.54, 1.807) is 0 Å². The van der Waals surface area contributed by atoms with E-state index in [-0.39, 0.29) is 0 Å². The normalized spacial score (nSPS) is 11.3. The highest BCUT2D eigenvalue weighted by atomic mass is 15.0. The molecule has 2 aromatic heterocycles. The van der Waals surface area contributed by atoms with E-state index >= 15 is 0 Å². The summed E-state index contributed by atoms with van der Waals surface area (Å²) in [6.45, 7) is 2.03. The number of nitrogens with zero attached hydrogens (tertiary/aromatic N) is 4. The van der Waals surface area contributed by atoms with Gasteiger partial charge in [-0.2, -0.15) is 10.5 Å². The summed E-state index contributed by atoms with van der Waals surface area (Å²) in [5.74, 6) is 0. The van der Waals surface area contributed by atoms with Crippen molar-refractivity contribution >= 4 is 43.6 Å².